The summed E-state index contributed by atoms with van der Waals surface area (Å²) in [6, 6.07) is 1.21. The Morgan fingerprint density at radius 3 is 2.83 bits per heavy atom. The third-order valence-electron chi connectivity index (χ3n) is 1.26. The van der Waals surface area contributed by atoms with Crippen molar-refractivity contribution in [1.29, 1.82) is 0 Å². The van der Waals surface area contributed by atoms with Gasteiger partial charge in [-0.25, -0.2) is 9.78 Å². The Labute approximate surface area is 72.8 Å². The van der Waals surface area contributed by atoms with Gasteiger partial charge in [-0.05, 0) is 6.07 Å². The summed E-state index contributed by atoms with van der Waals surface area (Å²) in [4.78, 5) is 24.3. The van der Waals surface area contributed by atoms with Crippen LogP contribution < -0.4 is 0 Å². The molecule has 0 saturated heterocycles. The normalized spacial score (nSPS) is 9.42. The van der Waals surface area contributed by atoms with Crippen molar-refractivity contribution in [2.24, 2.45) is 0 Å². The van der Waals surface area contributed by atoms with E-state index in [1.54, 1.807) is 0 Å². The molecule has 5 heteroatoms. The molecule has 0 unspecified atom stereocenters. The van der Waals surface area contributed by atoms with Crippen LogP contribution in [-0.4, -0.2) is 22.3 Å². The maximum atomic E-state index is 10.4. The van der Waals surface area contributed by atoms with E-state index in [2.05, 4.69) is 4.98 Å². The zero-order valence-electron chi connectivity index (χ0n) is 5.82. The first-order chi connectivity index (χ1) is 5.65. The largest absolute Gasteiger partial charge is 0.478 e. The van der Waals surface area contributed by atoms with Crippen LogP contribution in [0.4, 0.5) is 0 Å². The number of carbonyl (C=O) groups is 2. The van der Waals surface area contributed by atoms with E-state index in [1.807, 2.05) is 0 Å². The summed E-state index contributed by atoms with van der Waals surface area (Å²) in [5.74, 6) is -1.19. The summed E-state index contributed by atoms with van der Waals surface area (Å²) in [7, 11) is 0. The van der Waals surface area contributed by atoms with Crippen LogP contribution in [0.3, 0.4) is 0 Å². The molecule has 12 heavy (non-hydrogen) atoms. The van der Waals surface area contributed by atoms with Gasteiger partial charge in [-0.3, -0.25) is 4.79 Å². The molecule has 1 rings (SSSR count). The topological polar surface area (TPSA) is 67.3 Å². The molecule has 0 spiro atoms. The number of aromatic carboxylic acids is 1. The van der Waals surface area contributed by atoms with E-state index in [-0.39, 0.29) is 16.3 Å². The number of aldehydes is 1. The molecule has 0 bridgehead atoms. The molecule has 0 aromatic carbocycles. The number of aromatic nitrogens is 1. The predicted octanol–water partition coefficient (Wildman–Crippen LogP) is 1.25. The average Bonchev–Trinajstić information content (AvgIpc) is 2.03. The standard InChI is InChI=1S/C7H4ClNO3/c8-6-1-4(3-10)5(2-9-6)7(11)12/h1-3H,(H,11,12). The summed E-state index contributed by atoms with van der Waals surface area (Å²) in [5, 5.41) is 8.64. The second-order valence-electron chi connectivity index (χ2n) is 2.02. The third-order valence-corrected chi connectivity index (χ3v) is 1.47. The smallest absolute Gasteiger partial charge is 0.337 e. The van der Waals surface area contributed by atoms with Gasteiger partial charge < -0.3 is 5.11 Å². The minimum absolute atomic E-state index is 0.0301. The van der Waals surface area contributed by atoms with E-state index in [1.165, 1.54) is 6.07 Å². The fraction of sp³-hybridized carbons (Fsp3) is 0. The van der Waals surface area contributed by atoms with Crippen molar-refractivity contribution in [3.8, 4) is 0 Å². The fourth-order valence-corrected chi connectivity index (χ4v) is 0.887. The monoisotopic (exact) mass is 185 g/mol. The van der Waals surface area contributed by atoms with Crippen molar-refractivity contribution >= 4 is 23.9 Å². The Kier molecular flexibility index (Phi) is 2.40. The van der Waals surface area contributed by atoms with Crippen LogP contribution >= 0.6 is 11.6 Å². The van der Waals surface area contributed by atoms with Crippen LogP contribution in [0.5, 0.6) is 0 Å². The van der Waals surface area contributed by atoms with E-state index >= 15 is 0 Å². The van der Waals surface area contributed by atoms with Crippen molar-refractivity contribution in [3.05, 3.63) is 28.5 Å². The van der Waals surface area contributed by atoms with Crippen LogP contribution in [0.25, 0.3) is 0 Å². The van der Waals surface area contributed by atoms with Crippen molar-refractivity contribution < 1.29 is 14.7 Å². The number of hydrogen-bond acceptors (Lipinski definition) is 3. The van der Waals surface area contributed by atoms with Gasteiger partial charge in [0.2, 0.25) is 0 Å². The van der Waals surface area contributed by atoms with E-state index in [0.29, 0.717) is 6.29 Å². The minimum atomic E-state index is -1.19. The lowest BCUT2D eigenvalue weighted by atomic mass is 10.2. The third kappa shape index (κ3) is 1.60. The Morgan fingerprint density at radius 1 is 1.67 bits per heavy atom. The van der Waals surface area contributed by atoms with E-state index in [0.717, 1.165) is 6.20 Å². The van der Waals surface area contributed by atoms with Crippen LogP contribution in [0, 0.1) is 0 Å². The molecule has 0 fully saturated rings. The molecule has 1 aromatic rings. The maximum absolute atomic E-state index is 10.4. The van der Waals surface area contributed by atoms with Gasteiger partial charge in [0.15, 0.2) is 6.29 Å². The number of nitrogens with zero attached hydrogens (tertiary/aromatic N) is 1. The molecule has 1 aromatic heterocycles. The lowest BCUT2D eigenvalue weighted by molar-refractivity contribution is 0.0693. The molecule has 0 amide bonds. The van der Waals surface area contributed by atoms with Gasteiger partial charge >= 0.3 is 5.97 Å². The summed E-state index contributed by atoms with van der Waals surface area (Å²) in [6.07, 6.45) is 1.48. The molecule has 0 atom stereocenters. The quantitative estimate of drug-likeness (QED) is 0.556. The highest BCUT2D eigenvalue weighted by Gasteiger charge is 2.09. The summed E-state index contributed by atoms with van der Waals surface area (Å²) in [6.45, 7) is 0. The molecule has 0 radical (unpaired) electrons. The molecular weight excluding hydrogens is 182 g/mol. The SMILES string of the molecule is O=Cc1cc(Cl)ncc1C(=O)O. The first kappa shape index (κ1) is 8.67. The second-order valence-corrected chi connectivity index (χ2v) is 2.40. The molecule has 0 aliphatic rings. The van der Waals surface area contributed by atoms with Gasteiger partial charge in [0, 0.05) is 11.8 Å². The molecule has 0 aliphatic carbocycles. The number of carboxylic acids is 1. The average molecular weight is 186 g/mol. The number of rotatable bonds is 2. The molecule has 0 saturated carbocycles. The molecule has 62 valence electrons. The van der Waals surface area contributed by atoms with Crippen molar-refractivity contribution in [3.63, 3.8) is 0 Å². The van der Waals surface area contributed by atoms with Gasteiger partial charge in [-0.2, -0.15) is 0 Å². The summed E-state index contributed by atoms with van der Waals surface area (Å²) in [5.41, 5.74) is -0.114. The zero-order valence-corrected chi connectivity index (χ0v) is 6.58. The number of carbonyl (C=O) groups excluding carboxylic acids is 1. The summed E-state index contributed by atoms with van der Waals surface area (Å²) < 4.78 is 0. The molecule has 0 aliphatic heterocycles. The van der Waals surface area contributed by atoms with Gasteiger partial charge in [-0.1, -0.05) is 11.6 Å². The lowest BCUT2D eigenvalue weighted by Gasteiger charge is -1.97. The van der Waals surface area contributed by atoms with Crippen molar-refractivity contribution in [1.82, 2.24) is 4.98 Å². The Balaban J connectivity index is 3.29. The highest BCUT2D eigenvalue weighted by atomic mass is 35.5. The van der Waals surface area contributed by atoms with Crippen molar-refractivity contribution in [2.75, 3.05) is 0 Å². The molecule has 1 N–H and O–H groups in total. The highest BCUT2D eigenvalue weighted by Crippen LogP contribution is 2.10. The van der Waals surface area contributed by atoms with Gasteiger partial charge in [0.1, 0.15) is 5.15 Å². The first-order valence-corrected chi connectivity index (χ1v) is 3.37. The number of hydrogen-bond donors (Lipinski definition) is 1. The highest BCUT2D eigenvalue weighted by molar-refractivity contribution is 6.29. The molecular formula is C7H4ClNO3. The van der Waals surface area contributed by atoms with Crippen LogP contribution in [-0.2, 0) is 0 Å². The fourth-order valence-electron chi connectivity index (χ4n) is 0.720. The van der Waals surface area contributed by atoms with E-state index < -0.39 is 5.97 Å². The molecule has 4 nitrogen and oxygen atoms in total. The zero-order chi connectivity index (χ0) is 9.14. The van der Waals surface area contributed by atoms with Gasteiger partial charge in [0.05, 0.1) is 5.56 Å². The van der Waals surface area contributed by atoms with Gasteiger partial charge in [-0.15, -0.1) is 0 Å². The lowest BCUT2D eigenvalue weighted by Crippen LogP contribution is -2.02. The summed E-state index contributed by atoms with van der Waals surface area (Å²) >= 11 is 5.44. The Hall–Kier alpha value is -1.42. The first-order valence-electron chi connectivity index (χ1n) is 2.99. The van der Waals surface area contributed by atoms with Gasteiger partial charge in [0.25, 0.3) is 0 Å². The van der Waals surface area contributed by atoms with Crippen LogP contribution in [0.2, 0.25) is 5.15 Å². The second kappa shape index (κ2) is 3.32. The Bertz CT molecular complexity index is 337. The van der Waals surface area contributed by atoms with Crippen LogP contribution in [0.1, 0.15) is 20.7 Å². The van der Waals surface area contributed by atoms with Crippen LogP contribution in [0.15, 0.2) is 12.3 Å². The minimum Gasteiger partial charge on any atom is -0.478 e. The van der Waals surface area contributed by atoms with Crippen molar-refractivity contribution in [2.45, 2.75) is 0 Å². The predicted molar refractivity (Wildman–Crippen MR) is 41.6 cm³/mol. The number of pyridine rings is 1. The Morgan fingerprint density at radius 2 is 2.33 bits per heavy atom. The van der Waals surface area contributed by atoms with E-state index in [4.69, 9.17) is 16.7 Å². The number of halogens is 1. The maximum Gasteiger partial charge on any atom is 0.337 e. The number of carboxylic acid groups (broad SMARTS) is 1. The molecule has 1 heterocycles. The van der Waals surface area contributed by atoms with E-state index in [9.17, 15) is 9.59 Å².